The lowest BCUT2D eigenvalue weighted by atomic mass is 10.1. The van der Waals surface area contributed by atoms with Gasteiger partial charge >= 0.3 is 0 Å². The van der Waals surface area contributed by atoms with Crippen LogP contribution in [0, 0.1) is 3.57 Å². The predicted molar refractivity (Wildman–Crippen MR) is 156 cm³/mol. The number of amides is 1. The van der Waals surface area contributed by atoms with Crippen molar-refractivity contribution in [1.29, 1.82) is 0 Å². The van der Waals surface area contributed by atoms with Gasteiger partial charge in [0.2, 0.25) is 0 Å². The molecule has 1 aliphatic heterocycles. The van der Waals surface area contributed by atoms with Crippen LogP contribution in [0.25, 0.3) is 6.08 Å². The number of ether oxygens (including phenoxy) is 2. The highest BCUT2D eigenvalue weighted by molar-refractivity contribution is 14.1. The molecule has 0 atom stereocenters. The van der Waals surface area contributed by atoms with Crippen molar-refractivity contribution in [1.82, 2.24) is 0 Å². The van der Waals surface area contributed by atoms with Crippen LogP contribution in [0.1, 0.15) is 18.1 Å². The van der Waals surface area contributed by atoms with Gasteiger partial charge in [-0.2, -0.15) is 0 Å². The van der Waals surface area contributed by atoms with E-state index in [-0.39, 0.29) is 5.91 Å². The van der Waals surface area contributed by atoms with Crippen LogP contribution < -0.4 is 14.4 Å². The summed E-state index contributed by atoms with van der Waals surface area (Å²) >= 11 is 18.7. The second-order valence-corrected chi connectivity index (χ2v) is 11.3. The number of thioether (sulfide) groups is 1. The van der Waals surface area contributed by atoms with E-state index in [1.165, 1.54) is 11.8 Å². The van der Waals surface area contributed by atoms with Crippen LogP contribution in [-0.2, 0) is 11.4 Å². The summed E-state index contributed by atoms with van der Waals surface area (Å²) in [7, 11) is 0. The van der Waals surface area contributed by atoms with Crippen molar-refractivity contribution >= 4 is 96.1 Å². The van der Waals surface area contributed by atoms with Crippen LogP contribution in [0.2, 0.25) is 5.02 Å². The first-order valence-electron chi connectivity index (χ1n) is 10.2. The molecule has 1 heterocycles. The first kappa shape index (κ1) is 25.5. The zero-order valence-corrected chi connectivity index (χ0v) is 24.0. The molecule has 0 saturated carbocycles. The maximum Gasteiger partial charge on any atom is 0.270 e. The summed E-state index contributed by atoms with van der Waals surface area (Å²) in [5, 5.41) is 0.653. The lowest BCUT2D eigenvalue weighted by molar-refractivity contribution is -0.113. The third-order valence-electron chi connectivity index (χ3n) is 4.84. The van der Waals surface area contributed by atoms with Gasteiger partial charge in [-0.1, -0.05) is 69.7 Å². The van der Waals surface area contributed by atoms with Gasteiger partial charge in [-0.3, -0.25) is 9.69 Å². The number of benzene rings is 3. The van der Waals surface area contributed by atoms with E-state index in [0.717, 1.165) is 24.9 Å². The van der Waals surface area contributed by atoms with E-state index in [4.69, 9.17) is 33.3 Å². The second kappa shape index (κ2) is 11.4. The maximum atomic E-state index is 13.1. The van der Waals surface area contributed by atoms with Crippen molar-refractivity contribution < 1.29 is 14.3 Å². The highest BCUT2D eigenvalue weighted by atomic mass is 127. The molecule has 174 valence electrons. The molecule has 3 aromatic rings. The third kappa shape index (κ3) is 5.79. The van der Waals surface area contributed by atoms with Crippen molar-refractivity contribution in [3.8, 4) is 11.5 Å². The lowest BCUT2D eigenvalue weighted by Gasteiger charge is -2.15. The molecule has 1 saturated heterocycles. The fourth-order valence-electron chi connectivity index (χ4n) is 3.27. The van der Waals surface area contributed by atoms with Gasteiger partial charge in [0.1, 0.15) is 6.61 Å². The topological polar surface area (TPSA) is 38.8 Å². The fourth-order valence-corrected chi connectivity index (χ4v) is 5.81. The number of thiocarbonyl (C=S) groups is 1. The van der Waals surface area contributed by atoms with Crippen LogP contribution in [0.5, 0.6) is 11.5 Å². The van der Waals surface area contributed by atoms with Gasteiger partial charge in [-0.25, -0.2) is 0 Å². The third-order valence-corrected chi connectivity index (χ3v) is 7.84. The summed E-state index contributed by atoms with van der Waals surface area (Å²) in [4.78, 5) is 15.2. The molecule has 0 aromatic heterocycles. The monoisotopic (exact) mass is 685 g/mol. The number of nitrogens with zero attached hydrogens (tertiary/aromatic N) is 1. The van der Waals surface area contributed by atoms with E-state index < -0.39 is 0 Å². The molecular formula is C25H18BrClINO3S2. The SMILES string of the molecule is CCOc1cc(/C=C2/SC(=S)N(c3ccc(Br)cc3)C2=O)cc(I)c1OCc1ccccc1Cl. The number of hydrogen-bond donors (Lipinski definition) is 0. The Kier molecular flexibility index (Phi) is 8.57. The molecule has 4 rings (SSSR count). The first-order valence-corrected chi connectivity index (χ1v) is 13.7. The molecule has 0 spiro atoms. The average Bonchev–Trinajstić information content (AvgIpc) is 3.08. The van der Waals surface area contributed by atoms with E-state index in [2.05, 4.69) is 38.5 Å². The summed E-state index contributed by atoms with van der Waals surface area (Å²) in [6, 6.07) is 18.9. The Hall–Kier alpha value is -1.59. The number of carbonyl (C=O) groups excluding carboxylic acids is 1. The molecule has 0 radical (unpaired) electrons. The number of anilines is 1. The Labute approximate surface area is 234 Å². The molecule has 1 fully saturated rings. The Morgan fingerprint density at radius 1 is 1.15 bits per heavy atom. The molecule has 9 heteroatoms. The van der Waals surface area contributed by atoms with Crippen LogP contribution in [0.15, 0.2) is 70.0 Å². The van der Waals surface area contributed by atoms with E-state index in [1.807, 2.05) is 73.7 Å². The Balaban J connectivity index is 1.60. The highest BCUT2D eigenvalue weighted by Gasteiger charge is 2.33. The molecule has 34 heavy (non-hydrogen) atoms. The van der Waals surface area contributed by atoms with Gasteiger partial charge in [0.05, 0.1) is 20.8 Å². The van der Waals surface area contributed by atoms with E-state index in [9.17, 15) is 4.79 Å². The maximum absolute atomic E-state index is 13.1. The molecule has 0 N–H and O–H groups in total. The molecule has 0 aliphatic carbocycles. The molecule has 1 amide bonds. The van der Waals surface area contributed by atoms with Crippen molar-refractivity contribution in [2.24, 2.45) is 0 Å². The average molecular weight is 687 g/mol. The van der Waals surface area contributed by atoms with Crippen molar-refractivity contribution in [3.05, 3.63) is 89.8 Å². The van der Waals surface area contributed by atoms with Crippen molar-refractivity contribution in [2.45, 2.75) is 13.5 Å². The Morgan fingerprint density at radius 2 is 1.88 bits per heavy atom. The predicted octanol–water partition coefficient (Wildman–Crippen LogP) is 8.09. The van der Waals surface area contributed by atoms with E-state index in [0.29, 0.717) is 39.0 Å². The number of rotatable bonds is 7. The summed E-state index contributed by atoms with van der Waals surface area (Å²) in [5.41, 5.74) is 2.46. The minimum atomic E-state index is -0.149. The van der Waals surface area contributed by atoms with Gasteiger partial charge in [-0.05, 0) is 83.6 Å². The zero-order chi connectivity index (χ0) is 24.2. The smallest absolute Gasteiger partial charge is 0.270 e. The highest BCUT2D eigenvalue weighted by Crippen LogP contribution is 2.39. The van der Waals surface area contributed by atoms with E-state index >= 15 is 0 Å². The van der Waals surface area contributed by atoms with Crippen LogP contribution in [-0.4, -0.2) is 16.8 Å². The minimum absolute atomic E-state index is 0.149. The fraction of sp³-hybridized carbons (Fsp3) is 0.120. The van der Waals surface area contributed by atoms with E-state index in [1.54, 1.807) is 4.90 Å². The molecule has 4 nitrogen and oxygen atoms in total. The number of hydrogen-bond acceptors (Lipinski definition) is 5. The number of halogens is 3. The number of carbonyl (C=O) groups is 1. The quantitative estimate of drug-likeness (QED) is 0.143. The van der Waals surface area contributed by atoms with Crippen LogP contribution >= 0.6 is 74.1 Å². The molecule has 1 aliphatic rings. The molecular weight excluding hydrogens is 669 g/mol. The normalized spacial score (nSPS) is 14.7. The van der Waals surface area contributed by atoms with Gasteiger partial charge in [0.25, 0.3) is 5.91 Å². The first-order chi connectivity index (χ1) is 16.4. The Morgan fingerprint density at radius 3 is 2.59 bits per heavy atom. The lowest BCUT2D eigenvalue weighted by Crippen LogP contribution is -2.27. The minimum Gasteiger partial charge on any atom is -0.490 e. The van der Waals surface area contributed by atoms with Crippen molar-refractivity contribution in [3.63, 3.8) is 0 Å². The molecule has 3 aromatic carbocycles. The Bertz CT molecular complexity index is 1280. The summed E-state index contributed by atoms with van der Waals surface area (Å²) in [6.45, 7) is 2.72. The second-order valence-electron chi connectivity index (χ2n) is 7.14. The zero-order valence-electron chi connectivity index (χ0n) is 17.9. The van der Waals surface area contributed by atoms with Gasteiger partial charge in [-0.15, -0.1) is 0 Å². The van der Waals surface area contributed by atoms with Gasteiger partial charge in [0.15, 0.2) is 15.8 Å². The summed E-state index contributed by atoms with van der Waals surface area (Å²) < 4.78 is 14.3. The largest absolute Gasteiger partial charge is 0.490 e. The molecule has 0 bridgehead atoms. The standard InChI is InChI=1S/C25H18BrClINO3S2/c1-2-31-21-12-15(11-20(28)23(21)32-14-16-5-3-4-6-19(16)27)13-22-24(30)29(25(33)34-22)18-9-7-17(26)8-10-18/h3-13H,2,14H2,1H3/b22-13+. The van der Waals surface area contributed by atoms with Crippen LogP contribution in [0.3, 0.4) is 0 Å². The van der Waals surface area contributed by atoms with Gasteiger partial charge < -0.3 is 9.47 Å². The van der Waals surface area contributed by atoms with Crippen LogP contribution in [0.4, 0.5) is 5.69 Å². The molecule has 0 unspecified atom stereocenters. The summed E-state index contributed by atoms with van der Waals surface area (Å²) in [5.74, 6) is 1.10. The van der Waals surface area contributed by atoms with Gasteiger partial charge in [0, 0.05) is 15.1 Å². The summed E-state index contributed by atoms with van der Waals surface area (Å²) in [6.07, 6.45) is 1.83. The van der Waals surface area contributed by atoms with Crippen molar-refractivity contribution in [2.75, 3.05) is 11.5 Å².